The van der Waals surface area contributed by atoms with Crippen LogP contribution in [0.25, 0.3) is 0 Å². The van der Waals surface area contributed by atoms with Gasteiger partial charge in [-0.1, -0.05) is 30.3 Å². The van der Waals surface area contributed by atoms with Crippen LogP contribution >= 0.6 is 0 Å². The molecule has 5 heteroatoms. The zero-order valence-electron chi connectivity index (χ0n) is 8.04. The standard InChI is InChI=1S/C10H10O5/c1-7(8-5-3-2-4-6-8)14-10(13)15-9(11)12/h2-7H,1H3,(H,11,12). The molecule has 1 rings (SSSR count). The average molecular weight is 210 g/mol. The van der Waals surface area contributed by atoms with Crippen LogP contribution in [0.3, 0.4) is 0 Å². The first kappa shape index (κ1) is 11.0. The number of ether oxygens (including phenoxy) is 2. The van der Waals surface area contributed by atoms with Gasteiger partial charge in [0, 0.05) is 0 Å². The number of carbonyl (C=O) groups is 2. The Labute approximate surface area is 86.2 Å². The topological polar surface area (TPSA) is 72.8 Å². The van der Waals surface area contributed by atoms with E-state index < -0.39 is 18.4 Å². The third-order valence-electron chi connectivity index (χ3n) is 1.71. The van der Waals surface area contributed by atoms with Crippen LogP contribution in [0.2, 0.25) is 0 Å². The Hall–Kier alpha value is -2.04. The minimum Gasteiger partial charge on any atom is -0.449 e. The summed E-state index contributed by atoms with van der Waals surface area (Å²) in [7, 11) is 0. The van der Waals surface area contributed by atoms with Crippen molar-refractivity contribution in [3.63, 3.8) is 0 Å². The molecule has 0 aliphatic carbocycles. The fourth-order valence-corrected chi connectivity index (χ4v) is 1.03. The molecule has 0 saturated carbocycles. The third kappa shape index (κ3) is 3.68. The largest absolute Gasteiger partial charge is 0.519 e. The van der Waals surface area contributed by atoms with Crippen molar-refractivity contribution in [1.82, 2.24) is 0 Å². The Kier molecular flexibility index (Phi) is 3.68. The summed E-state index contributed by atoms with van der Waals surface area (Å²) in [6.07, 6.45) is -3.45. The fraction of sp³-hybridized carbons (Fsp3) is 0.200. The summed E-state index contributed by atoms with van der Waals surface area (Å²) < 4.78 is 8.50. The highest BCUT2D eigenvalue weighted by molar-refractivity contribution is 5.75. The summed E-state index contributed by atoms with van der Waals surface area (Å²) in [5.74, 6) is 0. The summed E-state index contributed by atoms with van der Waals surface area (Å²) >= 11 is 0. The van der Waals surface area contributed by atoms with E-state index in [0.717, 1.165) is 5.56 Å². The number of carbonyl (C=O) groups excluding carboxylic acids is 1. The van der Waals surface area contributed by atoms with Gasteiger partial charge in [0.25, 0.3) is 0 Å². The van der Waals surface area contributed by atoms with Gasteiger partial charge in [-0.15, -0.1) is 0 Å². The highest BCUT2D eigenvalue weighted by Gasteiger charge is 2.15. The lowest BCUT2D eigenvalue weighted by atomic mass is 10.1. The number of rotatable bonds is 2. The van der Waals surface area contributed by atoms with E-state index in [0.29, 0.717) is 0 Å². The average Bonchev–Trinajstić information content (AvgIpc) is 2.17. The van der Waals surface area contributed by atoms with Crippen LogP contribution in [-0.4, -0.2) is 17.4 Å². The lowest BCUT2D eigenvalue weighted by Crippen LogP contribution is -2.13. The van der Waals surface area contributed by atoms with Crippen molar-refractivity contribution < 1.29 is 24.2 Å². The molecular weight excluding hydrogens is 200 g/mol. The zero-order chi connectivity index (χ0) is 11.3. The Morgan fingerprint density at radius 1 is 1.27 bits per heavy atom. The summed E-state index contributed by atoms with van der Waals surface area (Å²) in [6.45, 7) is 1.62. The molecule has 0 radical (unpaired) electrons. The number of hydrogen-bond acceptors (Lipinski definition) is 4. The molecule has 0 heterocycles. The van der Waals surface area contributed by atoms with Gasteiger partial charge in [0.15, 0.2) is 0 Å². The molecule has 0 fully saturated rings. The Morgan fingerprint density at radius 3 is 2.40 bits per heavy atom. The van der Waals surface area contributed by atoms with E-state index in [4.69, 9.17) is 9.84 Å². The van der Waals surface area contributed by atoms with Gasteiger partial charge in [-0.05, 0) is 12.5 Å². The van der Waals surface area contributed by atoms with Gasteiger partial charge in [-0.2, -0.15) is 0 Å². The molecule has 0 spiro atoms. The van der Waals surface area contributed by atoms with Gasteiger partial charge in [0.1, 0.15) is 6.10 Å². The van der Waals surface area contributed by atoms with Crippen molar-refractivity contribution in [2.24, 2.45) is 0 Å². The lowest BCUT2D eigenvalue weighted by Gasteiger charge is -2.11. The molecule has 0 saturated heterocycles. The highest BCUT2D eigenvalue weighted by Crippen LogP contribution is 2.16. The quantitative estimate of drug-likeness (QED) is 0.599. The Balaban J connectivity index is 2.53. The van der Waals surface area contributed by atoms with Gasteiger partial charge in [0.2, 0.25) is 0 Å². The predicted octanol–water partition coefficient (Wildman–Crippen LogP) is 2.58. The van der Waals surface area contributed by atoms with Crippen LogP contribution < -0.4 is 0 Å². The molecule has 0 aliphatic rings. The highest BCUT2D eigenvalue weighted by atomic mass is 16.8. The molecule has 0 bridgehead atoms. The molecule has 0 amide bonds. The second kappa shape index (κ2) is 4.99. The third-order valence-corrected chi connectivity index (χ3v) is 1.71. The Bertz CT molecular complexity index is 346. The maximum Gasteiger partial charge on any atom is 0.519 e. The molecule has 1 N–H and O–H groups in total. The zero-order valence-corrected chi connectivity index (χ0v) is 8.04. The van der Waals surface area contributed by atoms with Crippen LogP contribution in [0.5, 0.6) is 0 Å². The van der Waals surface area contributed by atoms with Crippen molar-refractivity contribution in [3.05, 3.63) is 35.9 Å². The van der Waals surface area contributed by atoms with Gasteiger partial charge >= 0.3 is 12.3 Å². The van der Waals surface area contributed by atoms with Crippen molar-refractivity contribution in [3.8, 4) is 0 Å². The molecule has 5 nitrogen and oxygen atoms in total. The normalized spacial score (nSPS) is 11.5. The van der Waals surface area contributed by atoms with Crippen LogP contribution in [0.4, 0.5) is 9.59 Å². The smallest absolute Gasteiger partial charge is 0.449 e. The first-order chi connectivity index (χ1) is 7.09. The van der Waals surface area contributed by atoms with Crippen molar-refractivity contribution >= 4 is 12.3 Å². The van der Waals surface area contributed by atoms with Crippen molar-refractivity contribution in [2.45, 2.75) is 13.0 Å². The molecule has 1 aromatic carbocycles. The molecule has 1 atom stereocenters. The van der Waals surface area contributed by atoms with E-state index in [1.807, 2.05) is 6.07 Å². The van der Waals surface area contributed by atoms with Gasteiger partial charge < -0.3 is 14.6 Å². The van der Waals surface area contributed by atoms with Crippen molar-refractivity contribution in [2.75, 3.05) is 0 Å². The number of hydrogen-bond donors (Lipinski definition) is 1. The summed E-state index contributed by atoms with van der Waals surface area (Å²) in [4.78, 5) is 20.8. The lowest BCUT2D eigenvalue weighted by molar-refractivity contribution is 0.0327. The summed E-state index contributed by atoms with van der Waals surface area (Å²) in [6, 6.07) is 8.93. The van der Waals surface area contributed by atoms with E-state index in [9.17, 15) is 9.59 Å². The molecule has 15 heavy (non-hydrogen) atoms. The maximum atomic E-state index is 10.8. The first-order valence-corrected chi connectivity index (χ1v) is 4.26. The molecule has 80 valence electrons. The monoisotopic (exact) mass is 210 g/mol. The minimum absolute atomic E-state index is 0.543. The predicted molar refractivity (Wildman–Crippen MR) is 50.4 cm³/mol. The minimum atomic E-state index is -1.68. The molecule has 0 aromatic heterocycles. The van der Waals surface area contributed by atoms with E-state index in [2.05, 4.69) is 4.74 Å². The number of benzene rings is 1. The fourth-order valence-electron chi connectivity index (χ4n) is 1.03. The second-order valence-electron chi connectivity index (χ2n) is 2.79. The van der Waals surface area contributed by atoms with Gasteiger partial charge in [-0.25, -0.2) is 9.59 Å². The van der Waals surface area contributed by atoms with Crippen LogP contribution in [0.1, 0.15) is 18.6 Å². The first-order valence-electron chi connectivity index (χ1n) is 4.26. The van der Waals surface area contributed by atoms with Gasteiger partial charge in [0.05, 0.1) is 0 Å². The maximum absolute atomic E-state index is 10.8. The summed E-state index contributed by atoms with van der Waals surface area (Å²) in [5, 5.41) is 8.14. The van der Waals surface area contributed by atoms with E-state index in [-0.39, 0.29) is 0 Å². The van der Waals surface area contributed by atoms with Crippen LogP contribution in [-0.2, 0) is 9.47 Å². The van der Waals surface area contributed by atoms with E-state index in [1.165, 1.54) is 0 Å². The van der Waals surface area contributed by atoms with Gasteiger partial charge in [-0.3, -0.25) is 0 Å². The number of carboxylic acid groups (broad SMARTS) is 1. The van der Waals surface area contributed by atoms with Crippen LogP contribution in [0.15, 0.2) is 30.3 Å². The van der Waals surface area contributed by atoms with E-state index >= 15 is 0 Å². The second-order valence-corrected chi connectivity index (χ2v) is 2.79. The molecular formula is C10H10O5. The molecule has 1 unspecified atom stereocenters. The SMILES string of the molecule is CC(OC(=O)OC(=O)O)c1ccccc1. The van der Waals surface area contributed by atoms with E-state index in [1.54, 1.807) is 31.2 Å². The van der Waals surface area contributed by atoms with Crippen molar-refractivity contribution in [1.29, 1.82) is 0 Å². The molecule has 0 aliphatic heterocycles. The summed E-state index contributed by atoms with van der Waals surface area (Å²) in [5.41, 5.74) is 0.764. The Morgan fingerprint density at radius 2 is 1.87 bits per heavy atom. The van der Waals surface area contributed by atoms with Crippen LogP contribution in [0, 0.1) is 0 Å². The molecule has 1 aromatic rings.